The molecule has 1 rings (SSSR count). The van der Waals surface area contributed by atoms with Gasteiger partial charge >= 0.3 is 5.97 Å². The van der Waals surface area contributed by atoms with E-state index < -0.39 is 12.1 Å². The first kappa shape index (κ1) is 16.0. The number of hydrogen-bond acceptors (Lipinski definition) is 5. The first-order valence-electron chi connectivity index (χ1n) is 6.29. The van der Waals surface area contributed by atoms with Crippen molar-refractivity contribution in [2.45, 2.75) is 33.3 Å². The van der Waals surface area contributed by atoms with Crippen LogP contribution in [0.3, 0.4) is 0 Å². The van der Waals surface area contributed by atoms with Crippen molar-refractivity contribution in [3.05, 3.63) is 18.2 Å². The second-order valence-electron chi connectivity index (χ2n) is 4.42. The van der Waals surface area contributed by atoms with Gasteiger partial charge in [-0.3, -0.25) is 9.59 Å². The van der Waals surface area contributed by atoms with E-state index in [-0.39, 0.29) is 12.5 Å². The number of aliphatic hydroxyl groups excluding tert-OH is 1. The van der Waals surface area contributed by atoms with Crippen LogP contribution in [0.5, 0.6) is 11.5 Å². The quantitative estimate of drug-likeness (QED) is 0.612. The Morgan fingerprint density at radius 2 is 2.05 bits per heavy atom. The number of benzene rings is 1. The molecule has 1 amide bonds. The number of ether oxygens (including phenoxy) is 2. The lowest BCUT2D eigenvalue weighted by Gasteiger charge is -2.14. The predicted octanol–water partition coefficient (Wildman–Crippen LogP) is 1.72. The van der Waals surface area contributed by atoms with Crippen molar-refractivity contribution in [1.82, 2.24) is 0 Å². The standard InChI is InChI=1S/C14H19NO5/c1-9(16)6-7-19-14-8-12(20-11(3)18)4-5-13(14)15-10(2)17/h4-5,8-9,16H,6-7H2,1-3H3,(H,15,17). The van der Waals surface area contributed by atoms with Gasteiger partial charge in [-0.25, -0.2) is 0 Å². The molecule has 0 spiro atoms. The van der Waals surface area contributed by atoms with Crippen molar-refractivity contribution < 1.29 is 24.2 Å². The molecule has 1 unspecified atom stereocenters. The number of nitrogens with one attached hydrogen (secondary N) is 1. The Hall–Kier alpha value is -2.08. The minimum Gasteiger partial charge on any atom is -0.491 e. The summed E-state index contributed by atoms with van der Waals surface area (Å²) in [6, 6.07) is 4.68. The van der Waals surface area contributed by atoms with Gasteiger partial charge in [0.1, 0.15) is 11.5 Å². The summed E-state index contributed by atoms with van der Waals surface area (Å²) in [4.78, 5) is 22.0. The molecule has 0 aliphatic rings. The first-order chi connectivity index (χ1) is 9.38. The highest BCUT2D eigenvalue weighted by Gasteiger charge is 2.09. The molecular formula is C14H19NO5. The topological polar surface area (TPSA) is 84.9 Å². The van der Waals surface area contributed by atoms with Crippen LogP contribution in [0.25, 0.3) is 0 Å². The van der Waals surface area contributed by atoms with Gasteiger partial charge in [0, 0.05) is 26.3 Å². The van der Waals surface area contributed by atoms with E-state index in [9.17, 15) is 14.7 Å². The van der Waals surface area contributed by atoms with E-state index in [1.165, 1.54) is 19.9 Å². The van der Waals surface area contributed by atoms with E-state index >= 15 is 0 Å². The smallest absolute Gasteiger partial charge is 0.308 e. The fourth-order valence-corrected chi connectivity index (χ4v) is 1.48. The van der Waals surface area contributed by atoms with Crippen LogP contribution in [-0.2, 0) is 9.59 Å². The molecular weight excluding hydrogens is 262 g/mol. The fraction of sp³-hybridized carbons (Fsp3) is 0.429. The number of esters is 1. The van der Waals surface area contributed by atoms with Crippen LogP contribution in [0.2, 0.25) is 0 Å². The molecule has 110 valence electrons. The van der Waals surface area contributed by atoms with E-state index in [0.29, 0.717) is 23.6 Å². The van der Waals surface area contributed by atoms with Crippen molar-refractivity contribution >= 4 is 17.6 Å². The second kappa shape index (κ2) is 7.49. The summed E-state index contributed by atoms with van der Waals surface area (Å²) >= 11 is 0. The summed E-state index contributed by atoms with van der Waals surface area (Å²) in [6.45, 7) is 4.64. The van der Waals surface area contributed by atoms with Crippen LogP contribution >= 0.6 is 0 Å². The highest BCUT2D eigenvalue weighted by molar-refractivity contribution is 5.90. The van der Waals surface area contributed by atoms with Gasteiger partial charge in [-0.2, -0.15) is 0 Å². The zero-order chi connectivity index (χ0) is 15.1. The third-order valence-corrected chi connectivity index (χ3v) is 2.32. The van der Waals surface area contributed by atoms with Gasteiger partial charge in [0.05, 0.1) is 18.4 Å². The lowest BCUT2D eigenvalue weighted by atomic mass is 10.2. The van der Waals surface area contributed by atoms with Crippen molar-refractivity contribution in [2.24, 2.45) is 0 Å². The zero-order valence-corrected chi connectivity index (χ0v) is 11.8. The summed E-state index contributed by atoms with van der Waals surface area (Å²) in [5.41, 5.74) is 0.485. The summed E-state index contributed by atoms with van der Waals surface area (Å²) in [5, 5.41) is 11.8. The molecule has 1 aromatic carbocycles. The van der Waals surface area contributed by atoms with E-state index in [4.69, 9.17) is 9.47 Å². The number of hydrogen-bond donors (Lipinski definition) is 2. The average molecular weight is 281 g/mol. The molecule has 0 saturated heterocycles. The minimum absolute atomic E-state index is 0.231. The molecule has 20 heavy (non-hydrogen) atoms. The Morgan fingerprint density at radius 3 is 2.60 bits per heavy atom. The minimum atomic E-state index is -0.476. The Bertz CT molecular complexity index is 484. The third-order valence-electron chi connectivity index (χ3n) is 2.32. The molecule has 0 heterocycles. The van der Waals surface area contributed by atoms with Gasteiger partial charge in [0.25, 0.3) is 0 Å². The number of amides is 1. The molecule has 1 atom stereocenters. The van der Waals surface area contributed by atoms with Crippen molar-refractivity contribution in [3.63, 3.8) is 0 Å². The first-order valence-corrected chi connectivity index (χ1v) is 6.29. The molecule has 0 aliphatic heterocycles. The number of carbonyl (C=O) groups is 2. The molecule has 0 fully saturated rings. The number of rotatable bonds is 6. The second-order valence-corrected chi connectivity index (χ2v) is 4.42. The number of aliphatic hydroxyl groups is 1. The summed E-state index contributed by atoms with van der Waals surface area (Å²) in [6.07, 6.45) is -0.0204. The molecule has 0 bridgehead atoms. The number of carbonyl (C=O) groups excluding carboxylic acids is 2. The molecule has 0 aliphatic carbocycles. The zero-order valence-electron chi connectivity index (χ0n) is 11.8. The molecule has 1 aromatic rings. The summed E-state index contributed by atoms with van der Waals surface area (Å²) < 4.78 is 10.5. The van der Waals surface area contributed by atoms with Crippen molar-refractivity contribution in [1.29, 1.82) is 0 Å². The van der Waals surface area contributed by atoms with Gasteiger partial charge in [-0.1, -0.05) is 0 Å². The van der Waals surface area contributed by atoms with Crippen LogP contribution < -0.4 is 14.8 Å². The van der Waals surface area contributed by atoms with Gasteiger partial charge < -0.3 is 19.9 Å². The summed E-state index contributed by atoms with van der Waals surface area (Å²) in [7, 11) is 0. The van der Waals surface area contributed by atoms with Gasteiger partial charge in [-0.15, -0.1) is 0 Å². The van der Waals surface area contributed by atoms with Crippen LogP contribution in [0.1, 0.15) is 27.2 Å². The van der Waals surface area contributed by atoms with Crippen LogP contribution in [-0.4, -0.2) is 29.7 Å². The van der Waals surface area contributed by atoms with E-state index in [1.807, 2.05) is 0 Å². The van der Waals surface area contributed by atoms with Crippen LogP contribution in [0, 0.1) is 0 Å². The Morgan fingerprint density at radius 1 is 1.35 bits per heavy atom. The van der Waals surface area contributed by atoms with Gasteiger partial charge in [0.2, 0.25) is 5.91 Å². The largest absolute Gasteiger partial charge is 0.491 e. The van der Waals surface area contributed by atoms with E-state index in [2.05, 4.69) is 5.32 Å². The monoisotopic (exact) mass is 281 g/mol. The normalized spacial score (nSPS) is 11.6. The molecule has 0 aromatic heterocycles. The van der Waals surface area contributed by atoms with Crippen molar-refractivity contribution in [3.8, 4) is 11.5 Å². The molecule has 6 heteroatoms. The Labute approximate surface area is 117 Å². The SMILES string of the molecule is CC(=O)Nc1ccc(OC(C)=O)cc1OCCC(C)O. The predicted molar refractivity (Wildman–Crippen MR) is 73.8 cm³/mol. The van der Waals surface area contributed by atoms with Crippen LogP contribution in [0.15, 0.2) is 18.2 Å². The maximum atomic E-state index is 11.1. The average Bonchev–Trinajstić information content (AvgIpc) is 2.30. The fourth-order valence-electron chi connectivity index (χ4n) is 1.48. The highest BCUT2D eigenvalue weighted by Crippen LogP contribution is 2.29. The lowest BCUT2D eigenvalue weighted by Crippen LogP contribution is -2.11. The lowest BCUT2D eigenvalue weighted by molar-refractivity contribution is -0.131. The van der Waals surface area contributed by atoms with E-state index in [1.54, 1.807) is 19.1 Å². The highest BCUT2D eigenvalue weighted by atomic mass is 16.5. The van der Waals surface area contributed by atoms with Gasteiger partial charge in [-0.05, 0) is 19.1 Å². The van der Waals surface area contributed by atoms with E-state index in [0.717, 1.165) is 0 Å². The van der Waals surface area contributed by atoms with Crippen molar-refractivity contribution in [2.75, 3.05) is 11.9 Å². The summed E-state index contributed by atoms with van der Waals surface area (Å²) in [5.74, 6) is 0.0519. The van der Waals surface area contributed by atoms with Gasteiger partial charge in [0.15, 0.2) is 0 Å². The maximum absolute atomic E-state index is 11.1. The maximum Gasteiger partial charge on any atom is 0.308 e. The third kappa shape index (κ3) is 5.71. The number of anilines is 1. The molecule has 6 nitrogen and oxygen atoms in total. The van der Waals surface area contributed by atoms with Crippen LogP contribution in [0.4, 0.5) is 5.69 Å². The Kier molecular flexibility index (Phi) is 5.99. The molecule has 0 saturated carbocycles. The molecule has 0 radical (unpaired) electrons. The Balaban J connectivity index is 2.87. The molecule has 2 N–H and O–H groups in total.